The van der Waals surface area contributed by atoms with E-state index in [9.17, 15) is 0 Å². The highest BCUT2D eigenvalue weighted by atomic mass is 16.5. The topological polar surface area (TPSA) is 41.7 Å². The van der Waals surface area contributed by atoms with Crippen LogP contribution in [0.3, 0.4) is 0 Å². The van der Waals surface area contributed by atoms with E-state index in [2.05, 4.69) is 16.8 Å². The molecule has 106 valence electrons. The van der Waals surface area contributed by atoms with Crippen LogP contribution in [-0.2, 0) is 0 Å². The molecule has 0 amide bonds. The van der Waals surface area contributed by atoms with Gasteiger partial charge < -0.3 is 15.4 Å². The molecule has 1 aliphatic heterocycles. The number of likely N-dealkylation sites (N-methyl/N-ethyl adjacent to an activating group) is 1. The number of rotatable bonds is 5. The molecule has 1 saturated heterocycles. The summed E-state index contributed by atoms with van der Waals surface area (Å²) in [5.74, 6) is 0.920. The number of nitrogens with two attached hydrogens (primary N) is 1. The van der Waals surface area contributed by atoms with E-state index >= 15 is 0 Å². The Balaban J connectivity index is 1.75. The maximum atomic E-state index is 5.87. The quantitative estimate of drug-likeness (QED) is 0.870. The summed E-state index contributed by atoms with van der Waals surface area (Å²) in [5, 5.41) is 0. The molecule has 1 heterocycles. The Morgan fingerprint density at radius 1 is 1.26 bits per heavy atom. The van der Waals surface area contributed by atoms with Crippen molar-refractivity contribution in [3.8, 4) is 5.75 Å². The van der Waals surface area contributed by atoms with Crippen LogP contribution in [0.25, 0.3) is 0 Å². The summed E-state index contributed by atoms with van der Waals surface area (Å²) >= 11 is 0. The Kier molecular flexibility index (Phi) is 5.19. The molecule has 0 spiro atoms. The Morgan fingerprint density at radius 3 is 2.68 bits per heavy atom. The molecule has 4 heteroatoms. The van der Waals surface area contributed by atoms with Crippen LogP contribution in [0.5, 0.6) is 5.75 Å². The van der Waals surface area contributed by atoms with E-state index in [-0.39, 0.29) is 6.04 Å². The fourth-order valence-corrected chi connectivity index (χ4v) is 2.25. The first kappa shape index (κ1) is 14.3. The van der Waals surface area contributed by atoms with Gasteiger partial charge in [-0.1, -0.05) is 12.1 Å². The largest absolute Gasteiger partial charge is 0.492 e. The molecule has 0 aliphatic carbocycles. The fraction of sp³-hybridized carbons (Fsp3) is 0.600. The van der Waals surface area contributed by atoms with Crippen molar-refractivity contribution in [2.24, 2.45) is 5.73 Å². The highest BCUT2D eigenvalue weighted by Gasteiger charge is 2.13. The van der Waals surface area contributed by atoms with Crippen molar-refractivity contribution >= 4 is 0 Å². The Labute approximate surface area is 116 Å². The van der Waals surface area contributed by atoms with Crippen LogP contribution in [0, 0.1) is 0 Å². The van der Waals surface area contributed by atoms with Gasteiger partial charge in [-0.25, -0.2) is 0 Å². The second-order valence-electron chi connectivity index (χ2n) is 5.35. The van der Waals surface area contributed by atoms with Crippen LogP contribution in [0.1, 0.15) is 18.5 Å². The van der Waals surface area contributed by atoms with Crippen molar-refractivity contribution in [1.82, 2.24) is 9.80 Å². The number of piperazine rings is 1. The Hall–Kier alpha value is -1.10. The van der Waals surface area contributed by atoms with Gasteiger partial charge in [-0.05, 0) is 31.7 Å². The zero-order chi connectivity index (χ0) is 13.7. The lowest BCUT2D eigenvalue weighted by Crippen LogP contribution is -2.45. The zero-order valence-corrected chi connectivity index (χ0v) is 12.0. The summed E-state index contributed by atoms with van der Waals surface area (Å²) in [4.78, 5) is 4.82. The molecule has 1 aromatic carbocycles. The van der Waals surface area contributed by atoms with Crippen molar-refractivity contribution in [2.45, 2.75) is 13.0 Å². The van der Waals surface area contributed by atoms with Crippen LogP contribution < -0.4 is 10.5 Å². The lowest BCUT2D eigenvalue weighted by atomic mass is 10.1. The number of nitrogens with zero attached hydrogens (tertiary/aromatic N) is 2. The normalized spacial score (nSPS) is 19.3. The van der Waals surface area contributed by atoms with Crippen LogP contribution in [0.15, 0.2) is 24.3 Å². The summed E-state index contributed by atoms with van der Waals surface area (Å²) in [7, 11) is 2.17. The molecule has 0 aromatic heterocycles. The van der Waals surface area contributed by atoms with Gasteiger partial charge in [0, 0.05) is 38.8 Å². The molecule has 19 heavy (non-hydrogen) atoms. The minimum atomic E-state index is 0.0566. The van der Waals surface area contributed by atoms with E-state index in [1.807, 2.05) is 31.2 Å². The van der Waals surface area contributed by atoms with Gasteiger partial charge in [-0.2, -0.15) is 0 Å². The number of hydrogen-bond donors (Lipinski definition) is 1. The van der Waals surface area contributed by atoms with Crippen LogP contribution >= 0.6 is 0 Å². The molecule has 1 fully saturated rings. The Morgan fingerprint density at radius 2 is 2.00 bits per heavy atom. The second-order valence-corrected chi connectivity index (χ2v) is 5.35. The Bertz CT molecular complexity index is 387. The summed E-state index contributed by atoms with van der Waals surface area (Å²) in [6.07, 6.45) is 0. The smallest absolute Gasteiger partial charge is 0.119 e. The molecular weight excluding hydrogens is 238 g/mol. The molecule has 1 aromatic rings. The van der Waals surface area contributed by atoms with Crippen LogP contribution in [-0.4, -0.2) is 56.2 Å². The van der Waals surface area contributed by atoms with Gasteiger partial charge in [0.1, 0.15) is 12.4 Å². The predicted octanol–water partition coefficient (Wildman–Crippen LogP) is 1.33. The second kappa shape index (κ2) is 6.89. The summed E-state index contributed by atoms with van der Waals surface area (Å²) in [6.45, 7) is 8.31. The highest BCUT2D eigenvalue weighted by Crippen LogP contribution is 2.17. The van der Waals surface area contributed by atoms with Crippen molar-refractivity contribution in [3.05, 3.63) is 29.8 Å². The van der Waals surface area contributed by atoms with E-state index in [0.717, 1.165) is 50.6 Å². The molecule has 4 nitrogen and oxygen atoms in total. The standard InChI is InChI=1S/C15H25N3O/c1-13(16)14-4-3-5-15(12-14)19-11-10-18-8-6-17(2)7-9-18/h3-5,12-13H,6-11,16H2,1-2H3. The average molecular weight is 263 g/mol. The lowest BCUT2D eigenvalue weighted by molar-refractivity contribution is 0.133. The number of ether oxygens (including phenoxy) is 1. The van der Waals surface area contributed by atoms with Crippen LogP contribution in [0.4, 0.5) is 0 Å². The molecule has 0 radical (unpaired) electrons. The predicted molar refractivity (Wildman–Crippen MR) is 78.5 cm³/mol. The van der Waals surface area contributed by atoms with Gasteiger partial charge in [-0.15, -0.1) is 0 Å². The van der Waals surface area contributed by atoms with E-state index in [1.54, 1.807) is 0 Å². The summed E-state index contributed by atoms with van der Waals surface area (Å²) in [5.41, 5.74) is 7.00. The van der Waals surface area contributed by atoms with Gasteiger partial charge in [0.25, 0.3) is 0 Å². The lowest BCUT2D eigenvalue weighted by Gasteiger charge is -2.32. The molecule has 0 bridgehead atoms. The third-order valence-electron chi connectivity index (χ3n) is 3.66. The van der Waals surface area contributed by atoms with E-state index in [1.165, 1.54) is 0 Å². The SMILES string of the molecule is CC(N)c1cccc(OCCN2CCN(C)CC2)c1. The van der Waals surface area contributed by atoms with Crippen molar-refractivity contribution in [2.75, 3.05) is 46.4 Å². The first-order valence-electron chi connectivity index (χ1n) is 7.04. The van der Waals surface area contributed by atoms with Crippen LogP contribution in [0.2, 0.25) is 0 Å². The summed E-state index contributed by atoms with van der Waals surface area (Å²) in [6, 6.07) is 8.13. The first-order chi connectivity index (χ1) is 9.15. The molecule has 0 saturated carbocycles. The number of hydrogen-bond acceptors (Lipinski definition) is 4. The van der Waals surface area contributed by atoms with Gasteiger partial charge in [0.15, 0.2) is 0 Å². The molecule has 1 atom stereocenters. The molecule has 2 rings (SSSR count). The minimum absolute atomic E-state index is 0.0566. The molecule has 1 aliphatic rings. The van der Waals surface area contributed by atoms with Crippen molar-refractivity contribution < 1.29 is 4.74 Å². The zero-order valence-electron chi connectivity index (χ0n) is 12.0. The maximum Gasteiger partial charge on any atom is 0.119 e. The van der Waals surface area contributed by atoms with Gasteiger partial charge in [0.2, 0.25) is 0 Å². The minimum Gasteiger partial charge on any atom is -0.492 e. The van der Waals surface area contributed by atoms with Gasteiger partial charge in [0.05, 0.1) is 0 Å². The fourth-order valence-electron chi connectivity index (χ4n) is 2.25. The monoisotopic (exact) mass is 263 g/mol. The molecule has 2 N–H and O–H groups in total. The molecular formula is C15H25N3O. The summed E-state index contributed by atoms with van der Waals surface area (Å²) < 4.78 is 5.82. The highest BCUT2D eigenvalue weighted by molar-refractivity contribution is 5.30. The third-order valence-corrected chi connectivity index (χ3v) is 3.66. The van der Waals surface area contributed by atoms with Gasteiger partial charge in [-0.3, -0.25) is 4.90 Å². The first-order valence-corrected chi connectivity index (χ1v) is 7.04. The number of benzene rings is 1. The van der Waals surface area contributed by atoms with Crippen molar-refractivity contribution in [3.63, 3.8) is 0 Å². The molecule has 1 unspecified atom stereocenters. The third kappa shape index (κ3) is 4.49. The maximum absolute atomic E-state index is 5.87. The van der Waals surface area contributed by atoms with E-state index in [0.29, 0.717) is 0 Å². The van der Waals surface area contributed by atoms with E-state index in [4.69, 9.17) is 10.5 Å². The van der Waals surface area contributed by atoms with Gasteiger partial charge >= 0.3 is 0 Å². The average Bonchev–Trinajstić information content (AvgIpc) is 2.41. The van der Waals surface area contributed by atoms with E-state index < -0.39 is 0 Å². The van der Waals surface area contributed by atoms with Crippen molar-refractivity contribution in [1.29, 1.82) is 0 Å².